The van der Waals surface area contributed by atoms with Gasteiger partial charge in [-0.1, -0.05) is 17.7 Å². The summed E-state index contributed by atoms with van der Waals surface area (Å²) in [5.74, 6) is -22.3. The minimum atomic E-state index is -2.75. The molecule has 4 amide bonds. The average Bonchev–Trinajstić information content (AvgIpc) is 3.56. The van der Waals surface area contributed by atoms with E-state index in [1.165, 1.54) is 31.4 Å². The monoisotopic (exact) mass is 853 g/mol. The Morgan fingerprint density at radius 3 is 1.92 bits per heavy atom. The molecule has 18 heteroatoms. The number of aromatic hydroxyl groups is 1. The molecule has 2 saturated heterocycles. The van der Waals surface area contributed by atoms with Gasteiger partial charge in [-0.2, -0.15) is 10.2 Å². The number of phenols is 1. The van der Waals surface area contributed by atoms with Gasteiger partial charge in [0.05, 0.1) is 36.0 Å². The first-order valence-corrected chi connectivity index (χ1v) is 18.7. The number of carbonyl (C=O) groups excluding carboxylic acids is 4. The Bertz CT molecular complexity index is 2530. The molecule has 59 heavy (non-hydrogen) atoms. The Kier molecular flexibility index (Phi) is 9.58. The lowest BCUT2D eigenvalue weighted by molar-refractivity contribution is -0.125. The van der Waals surface area contributed by atoms with E-state index in [9.17, 15) is 37.5 Å². The molecule has 4 aromatic carbocycles. The van der Waals surface area contributed by atoms with Crippen molar-refractivity contribution in [2.45, 2.75) is 28.5 Å². The van der Waals surface area contributed by atoms with Crippen LogP contribution in [0, 0.1) is 46.8 Å². The Labute approximate surface area is 342 Å². The van der Waals surface area contributed by atoms with Crippen LogP contribution in [-0.4, -0.2) is 59.7 Å². The Morgan fingerprint density at radius 1 is 0.763 bits per heavy atom. The summed E-state index contributed by atoms with van der Waals surface area (Å²) in [6, 6.07) is 17.1. The number of anilines is 3. The molecule has 2 aliphatic heterocycles. The maximum Gasteiger partial charge on any atom is 0.258 e. The molecular weight excluding hydrogens is 824 g/mol. The van der Waals surface area contributed by atoms with E-state index in [2.05, 4.69) is 10.2 Å². The molecule has 3 fully saturated rings. The number of imide groups is 2. The van der Waals surface area contributed by atoms with Crippen LogP contribution in [0.5, 0.6) is 11.5 Å². The highest BCUT2D eigenvalue weighted by Gasteiger charge is 2.77. The number of benzene rings is 4. The molecule has 4 aliphatic rings. The number of rotatable bonds is 7. The van der Waals surface area contributed by atoms with Gasteiger partial charge in [-0.3, -0.25) is 24.1 Å². The molecule has 8 rings (SSSR count). The fourth-order valence-corrected chi connectivity index (χ4v) is 9.63. The molecule has 4 aromatic rings. The van der Waals surface area contributed by atoms with Crippen LogP contribution in [0.2, 0.25) is 0 Å². The molecule has 0 radical (unpaired) electrons. The quantitative estimate of drug-likeness (QED) is 0.0376. The summed E-state index contributed by atoms with van der Waals surface area (Å²) in [5.41, 5.74) is 0.511. The minimum Gasteiger partial charge on any atom is -0.508 e. The van der Waals surface area contributed by atoms with E-state index >= 15 is 8.78 Å². The SMILES string of the molecule is COc1cc(O)ccc1C1C2=CCC3C(=O)N(c4ccc(N=Nc5ccc(N(C)C)cc5)cc4)C(=O)C3C2CC2(Cl)C(=O)N(c3c(F)c(F)c(F)c(F)c3F)C(=O)C12Cl. The fraction of sp³-hybridized carbons (Fsp3) is 0.268. The fourth-order valence-electron chi connectivity index (χ4n) is 8.71. The number of nitrogens with zero attached hydrogens (tertiary/aromatic N) is 5. The van der Waals surface area contributed by atoms with Crippen LogP contribution in [-0.2, 0) is 19.2 Å². The molecule has 304 valence electrons. The van der Waals surface area contributed by atoms with Gasteiger partial charge in [-0.05, 0) is 73.4 Å². The number of alkyl halides is 2. The third-order valence-corrected chi connectivity index (χ3v) is 12.9. The van der Waals surface area contributed by atoms with Crippen molar-refractivity contribution in [3.63, 3.8) is 0 Å². The standard InChI is InChI=1S/C41H30Cl2F5N5O6/c1-51(2)20-8-4-18(5-9-20)49-50-19-6-10-21(11-7-19)52-36(55)25-15-14-23-26(28(25)37(52)56)17-40(42)38(57)53(35-33(47)31(45)30(44)32(46)34(35)48)39(58)41(40,43)29(23)24-13-12-22(54)16-27(24)59-3/h4-14,16,25-26,28-29,54H,15,17H2,1-3H3. The van der Waals surface area contributed by atoms with Crippen LogP contribution >= 0.6 is 23.2 Å². The van der Waals surface area contributed by atoms with Crippen molar-refractivity contribution in [3.8, 4) is 11.5 Å². The number of fused-ring (bicyclic) bond motifs is 4. The summed E-state index contributed by atoms with van der Waals surface area (Å²) in [4.78, 5) is 54.8. The third-order valence-electron chi connectivity index (χ3n) is 11.5. The van der Waals surface area contributed by atoms with Gasteiger partial charge in [0.15, 0.2) is 33.0 Å². The second-order valence-corrected chi connectivity index (χ2v) is 16.0. The number of carbonyl (C=O) groups is 4. The van der Waals surface area contributed by atoms with Crippen molar-refractivity contribution in [1.29, 1.82) is 0 Å². The van der Waals surface area contributed by atoms with Gasteiger partial charge in [0, 0.05) is 37.3 Å². The molecule has 2 aliphatic carbocycles. The van der Waals surface area contributed by atoms with Crippen LogP contribution in [0.25, 0.3) is 0 Å². The van der Waals surface area contributed by atoms with Crippen LogP contribution in [0.4, 0.5) is 50.4 Å². The van der Waals surface area contributed by atoms with Crippen LogP contribution in [0.1, 0.15) is 24.3 Å². The second kappa shape index (κ2) is 14.2. The van der Waals surface area contributed by atoms with Gasteiger partial charge in [-0.15, -0.1) is 23.2 Å². The summed E-state index contributed by atoms with van der Waals surface area (Å²) < 4.78 is 79.4. The molecule has 0 spiro atoms. The van der Waals surface area contributed by atoms with E-state index in [0.29, 0.717) is 11.4 Å². The van der Waals surface area contributed by atoms with Crippen molar-refractivity contribution in [1.82, 2.24) is 0 Å². The van der Waals surface area contributed by atoms with Crippen molar-refractivity contribution < 1.29 is 51.0 Å². The molecule has 1 saturated carbocycles. The van der Waals surface area contributed by atoms with Crippen LogP contribution < -0.4 is 19.4 Å². The van der Waals surface area contributed by atoms with Gasteiger partial charge in [0.25, 0.3) is 11.8 Å². The van der Waals surface area contributed by atoms with Gasteiger partial charge < -0.3 is 14.7 Å². The van der Waals surface area contributed by atoms with Crippen molar-refractivity contribution in [2.75, 3.05) is 35.9 Å². The zero-order valence-electron chi connectivity index (χ0n) is 31.0. The molecule has 6 atom stereocenters. The van der Waals surface area contributed by atoms with Crippen LogP contribution in [0.15, 0.2) is 88.6 Å². The summed E-state index contributed by atoms with van der Waals surface area (Å²) in [6.45, 7) is 0. The van der Waals surface area contributed by atoms with E-state index in [4.69, 9.17) is 27.9 Å². The molecule has 0 bridgehead atoms. The summed E-state index contributed by atoms with van der Waals surface area (Å²) in [7, 11) is 5.03. The number of hydrogen-bond acceptors (Lipinski definition) is 9. The van der Waals surface area contributed by atoms with Gasteiger partial charge in [0.1, 0.15) is 17.2 Å². The summed E-state index contributed by atoms with van der Waals surface area (Å²) >= 11 is 14.4. The maximum absolute atomic E-state index is 15.4. The van der Waals surface area contributed by atoms with E-state index in [-0.39, 0.29) is 39.6 Å². The first-order chi connectivity index (χ1) is 28.0. The number of phenolic OH excluding ortho intramolecular Hbond substituents is 1. The maximum atomic E-state index is 15.4. The molecule has 11 nitrogen and oxygen atoms in total. The average molecular weight is 855 g/mol. The lowest BCUT2D eigenvalue weighted by atomic mass is 9.56. The van der Waals surface area contributed by atoms with Gasteiger partial charge in [0.2, 0.25) is 17.6 Å². The molecule has 6 unspecified atom stereocenters. The van der Waals surface area contributed by atoms with E-state index in [1.807, 2.05) is 31.1 Å². The number of methoxy groups -OCH3 is 1. The van der Waals surface area contributed by atoms with Gasteiger partial charge >= 0.3 is 0 Å². The zero-order chi connectivity index (χ0) is 42.5. The van der Waals surface area contributed by atoms with Crippen LogP contribution in [0.3, 0.4) is 0 Å². The molecule has 1 N–H and O–H groups in total. The van der Waals surface area contributed by atoms with Crippen molar-refractivity contribution in [3.05, 3.63) is 113 Å². The minimum absolute atomic E-state index is 0.0205. The highest BCUT2D eigenvalue weighted by atomic mass is 35.5. The third kappa shape index (κ3) is 5.74. The Morgan fingerprint density at radius 2 is 1.34 bits per heavy atom. The van der Waals surface area contributed by atoms with E-state index in [0.717, 1.165) is 16.7 Å². The lowest BCUT2D eigenvalue weighted by Crippen LogP contribution is -2.60. The normalized spacial score (nSPS) is 26.3. The largest absolute Gasteiger partial charge is 0.508 e. The number of hydrogen-bond donors (Lipinski definition) is 1. The first-order valence-electron chi connectivity index (χ1n) is 18.0. The Balaban J connectivity index is 1.19. The van der Waals surface area contributed by atoms with E-state index < -0.39 is 98.2 Å². The Hall–Kier alpha value is -5.87. The number of allylic oxidation sites excluding steroid dienone is 2. The van der Waals surface area contributed by atoms with Crippen molar-refractivity contribution >= 4 is 75.3 Å². The predicted molar refractivity (Wildman–Crippen MR) is 205 cm³/mol. The second-order valence-electron chi connectivity index (χ2n) is 14.8. The summed E-state index contributed by atoms with van der Waals surface area (Å²) in [6.07, 6.45) is 0.810. The lowest BCUT2D eigenvalue weighted by Gasteiger charge is -2.50. The molecular formula is C41H30Cl2F5N5O6. The zero-order valence-corrected chi connectivity index (χ0v) is 32.5. The highest BCUT2D eigenvalue weighted by Crippen LogP contribution is 2.67. The van der Waals surface area contributed by atoms with Crippen molar-refractivity contribution in [2.24, 2.45) is 28.0 Å². The number of ether oxygens (including phenoxy) is 1. The highest BCUT2D eigenvalue weighted by molar-refractivity contribution is 6.58. The van der Waals surface area contributed by atoms with Gasteiger partial charge in [-0.25, -0.2) is 26.9 Å². The first kappa shape index (κ1) is 39.9. The van der Waals surface area contributed by atoms with E-state index in [1.54, 1.807) is 30.3 Å². The predicted octanol–water partition coefficient (Wildman–Crippen LogP) is 8.35. The number of halogens is 7. The molecule has 2 heterocycles. The topological polar surface area (TPSA) is 132 Å². The number of azo groups is 1. The summed E-state index contributed by atoms with van der Waals surface area (Å²) in [5, 5.41) is 18.8. The molecule has 0 aromatic heterocycles. The smallest absolute Gasteiger partial charge is 0.258 e. The number of amides is 4.